The lowest BCUT2D eigenvalue weighted by Gasteiger charge is -2.14. The molecule has 2 aromatic rings. The van der Waals surface area contributed by atoms with Crippen LogP contribution in [-0.4, -0.2) is 27.2 Å². The van der Waals surface area contributed by atoms with Crippen LogP contribution in [0.15, 0.2) is 42.5 Å². The first-order valence-electron chi connectivity index (χ1n) is 8.02. The van der Waals surface area contributed by atoms with Gasteiger partial charge in [0.1, 0.15) is 5.75 Å². The topological polar surface area (TPSA) is 56.8 Å². The van der Waals surface area contributed by atoms with E-state index in [9.17, 15) is 4.79 Å². The lowest BCUT2D eigenvalue weighted by Crippen LogP contribution is -2.24. The van der Waals surface area contributed by atoms with Gasteiger partial charge in [0.25, 0.3) is 0 Å². The van der Waals surface area contributed by atoms with Gasteiger partial charge in [-0.3, -0.25) is 4.79 Å². The standard InChI is InChI=1S/C20H22ClNO4/c1-13(14-6-5-7-16(21)10-14)22-20(23)9-8-15-11-18(25-3)19(26-4)12-17(15)24-2/h5-13H,1-4H3,(H,22,23)/b9-8+/t13-/m1/s1. The predicted molar refractivity (Wildman–Crippen MR) is 103 cm³/mol. The molecule has 0 aliphatic heterocycles. The molecular weight excluding hydrogens is 354 g/mol. The number of amides is 1. The summed E-state index contributed by atoms with van der Waals surface area (Å²) in [5.74, 6) is 1.46. The quantitative estimate of drug-likeness (QED) is 0.735. The van der Waals surface area contributed by atoms with Crippen molar-refractivity contribution in [3.63, 3.8) is 0 Å². The Morgan fingerprint density at radius 3 is 2.31 bits per heavy atom. The largest absolute Gasteiger partial charge is 0.496 e. The van der Waals surface area contributed by atoms with Crippen molar-refractivity contribution in [2.24, 2.45) is 0 Å². The van der Waals surface area contributed by atoms with E-state index in [0.717, 1.165) is 5.56 Å². The fourth-order valence-corrected chi connectivity index (χ4v) is 2.67. The van der Waals surface area contributed by atoms with Gasteiger partial charge in [0.05, 0.1) is 27.4 Å². The number of nitrogens with one attached hydrogen (secondary N) is 1. The smallest absolute Gasteiger partial charge is 0.244 e. The molecule has 0 aliphatic rings. The van der Waals surface area contributed by atoms with Gasteiger partial charge in [0.15, 0.2) is 11.5 Å². The molecule has 5 nitrogen and oxygen atoms in total. The van der Waals surface area contributed by atoms with Gasteiger partial charge in [-0.25, -0.2) is 0 Å². The number of hydrogen-bond donors (Lipinski definition) is 1. The fraction of sp³-hybridized carbons (Fsp3) is 0.250. The molecule has 2 rings (SSSR count). The Labute approximate surface area is 158 Å². The van der Waals surface area contributed by atoms with Crippen LogP contribution in [0.1, 0.15) is 24.1 Å². The zero-order valence-electron chi connectivity index (χ0n) is 15.2. The normalized spacial score (nSPS) is 11.9. The summed E-state index contributed by atoms with van der Waals surface area (Å²) in [7, 11) is 4.66. The molecule has 6 heteroatoms. The van der Waals surface area contributed by atoms with Crippen LogP contribution in [0.3, 0.4) is 0 Å². The minimum Gasteiger partial charge on any atom is -0.496 e. The number of ether oxygens (including phenoxy) is 3. The zero-order valence-corrected chi connectivity index (χ0v) is 16.0. The van der Waals surface area contributed by atoms with E-state index in [1.54, 1.807) is 45.6 Å². The van der Waals surface area contributed by atoms with Crippen molar-refractivity contribution in [3.05, 3.63) is 58.6 Å². The van der Waals surface area contributed by atoms with E-state index in [-0.39, 0.29) is 11.9 Å². The van der Waals surface area contributed by atoms with Crippen LogP contribution in [0.4, 0.5) is 0 Å². The summed E-state index contributed by atoms with van der Waals surface area (Å²) in [5, 5.41) is 3.53. The first-order chi connectivity index (χ1) is 12.5. The molecule has 0 saturated heterocycles. The average Bonchev–Trinajstić information content (AvgIpc) is 2.65. The predicted octanol–water partition coefficient (Wildman–Crippen LogP) is 4.26. The van der Waals surface area contributed by atoms with Gasteiger partial charge in [0.2, 0.25) is 5.91 Å². The summed E-state index contributed by atoms with van der Waals surface area (Å²) < 4.78 is 15.9. The Kier molecular flexibility index (Phi) is 6.92. The van der Waals surface area contributed by atoms with E-state index < -0.39 is 0 Å². The molecule has 2 aromatic carbocycles. The highest BCUT2D eigenvalue weighted by molar-refractivity contribution is 6.30. The van der Waals surface area contributed by atoms with Gasteiger partial charge in [-0.15, -0.1) is 0 Å². The lowest BCUT2D eigenvalue weighted by molar-refractivity contribution is -0.117. The zero-order chi connectivity index (χ0) is 19.1. The number of rotatable bonds is 7. The van der Waals surface area contributed by atoms with Gasteiger partial charge in [-0.2, -0.15) is 0 Å². The third kappa shape index (κ3) is 4.92. The summed E-state index contributed by atoms with van der Waals surface area (Å²) in [4.78, 5) is 12.2. The fourth-order valence-electron chi connectivity index (χ4n) is 2.47. The van der Waals surface area contributed by atoms with E-state index >= 15 is 0 Å². The van der Waals surface area contributed by atoms with Crippen LogP contribution < -0.4 is 19.5 Å². The van der Waals surface area contributed by atoms with Crippen LogP contribution in [0.25, 0.3) is 6.08 Å². The number of benzene rings is 2. The van der Waals surface area contributed by atoms with Crippen LogP contribution in [-0.2, 0) is 4.79 Å². The number of carbonyl (C=O) groups is 1. The first-order valence-corrected chi connectivity index (χ1v) is 8.40. The third-order valence-corrected chi connectivity index (χ3v) is 4.09. The number of halogens is 1. The molecule has 0 heterocycles. The second-order valence-electron chi connectivity index (χ2n) is 5.57. The summed E-state index contributed by atoms with van der Waals surface area (Å²) in [5.41, 5.74) is 1.64. The molecule has 0 aliphatic carbocycles. The SMILES string of the molecule is COc1cc(OC)c(OC)cc1/C=C/C(=O)N[C@H](C)c1cccc(Cl)c1. The van der Waals surface area contributed by atoms with Crippen molar-refractivity contribution in [2.45, 2.75) is 13.0 Å². The Bertz CT molecular complexity index is 804. The van der Waals surface area contributed by atoms with Crippen molar-refractivity contribution in [3.8, 4) is 17.2 Å². The molecule has 1 N–H and O–H groups in total. The van der Waals surface area contributed by atoms with Crippen LogP contribution >= 0.6 is 11.6 Å². The highest BCUT2D eigenvalue weighted by Crippen LogP contribution is 2.35. The molecule has 0 unspecified atom stereocenters. The van der Waals surface area contributed by atoms with Crippen molar-refractivity contribution >= 4 is 23.6 Å². The first kappa shape index (κ1) is 19.7. The summed E-state index contributed by atoms with van der Waals surface area (Å²) in [6, 6.07) is 10.7. The molecule has 0 aromatic heterocycles. The minimum absolute atomic E-state index is 0.168. The van der Waals surface area contributed by atoms with E-state index in [0.29, 0.717) is 27.8 Å². The summed E-state index contributed by atoms with van der Waals surface area (Å²) >= 11 is 5.99. The average molecular weight is 376 g/mol. The monoisotopic (exact) mass is 375 g/mol. The van der Waals surface area contributed by atoms with Gasteiger partial charge >= 0.3 is 0 Å². The second kappa shape index (κ2) is 9.15. The van der Waals surface area contributed by atoms with Crippen molar-refractivity contribution in [1.29, 1.82) is 0 Å². The molecule has 0 spiro atoms. The lowest BCUT2D eigenvalue weighted by atomic mass is 10.1. The summed E-state index contributed by atoms with van der Waals surface area (Å²) in [6.07, 6.45) is 3.12. The Morgan fingerprint density at radius 1 is 1.04 bits per heavy atom. The second-order valence-corrected chi connectivity index (χ2v) is 6.00. The number of hydrogen-bond acceptors (Lipinski definition) is 4. The van der Waals surface area contributed by atoms with Gasteiger partial charge in [-0.05, 0) is 36.8 Å². The molecule has 0 radical (unpaired) electrons. The van der Waals surface area contributed by atoms with Crippen LogP contribution in [0.5, 0.6) is 17.2 Å². The Hall–Kier alpha value is -2.66. The molecule has 138 valence electrons. The van der Waals surface area contributed by atoms with E-state index in [1.807, 2.05) is 25.1 Å². The van der Waals surface area contributed by atoms with Gasteiger partial charge in [0, 0.05) is 22.7 Å². The highest BCUT2D eigenvalue weighted by atomic mass is 35.5. The molecule has 0 saturated carbocycles. The maximum Gasteiger partial charge on any atom is 0.244 e. The highest BCUT2D eigenvalue weighted by Gasteiger charge is 2.11. The minimum atomic E-state index is -0.227. The molecule has 0 fully saturated rings. The number of carbonyl (C=O) groups excluding carboxylic acids is 1. The van der Waals surface area contributed by atoms with Crippen molar-refractivity contribution < 1.29 is 19.0 Å². The molecular formula is C20H22ClNO4. The van der Waals surface area contributed by atoms with Gasteiger partial charge < -0.3 is 19.5 Å². The number of methoxy groups -OCH3 is 3. The Morgan fingerprint density at radius 2 is 1.69 bits per heavy atom. The van der Waals surface area contributed by atoms with Crippen LogP contribution in [0.2, 0.25) is 5.02 Å². The molecule has 26 heavy (non-hydrogen) atoms. The van der Waals surface area contributed by atoms with Crippen molar-refractivity contribution in [2.75, 3.05) is 21.3 Å². The van der Waals surface area contributed by atoms with Crippen molar-refractivity contribution in [1.82, 2.24) is 5.32 Å². The van der Waals surface area contributed by atoms with Crippen LogP contribution in [0, 0.1) is 0 Å². The van der Waals surface area contributed by atoms with E-state index in [2.05, 4.69) is 5.32 Å². The molecule has 0 bridgehead atoms. The maximum atomic E-state index is 12.2. The maximum absolute atomic E-state index is 12.2. The van der Waals surface area contributed by atoms with E-state index in [4.69, 9.17) is 25.8 Å². The molecule has 1 atom stereocenters. The Balaban J connectivity index is 2.14. The van der Waals surface area contributed by atoms with E-state index in [1.165, 1.54) is 6.08 Å². The third-order valence-electron chi connectivity index (χ3n) is 3.86. The van der Waals surface area contributed by atoms with Gasteiger partial charge in [-0.1, -0.05) is 23.7 Å². The summed E-state index contributed by atoms with van der Waals surface area (Å²) in [6.45, 7) is 1.90. The molecule has 1 amide bonds.